The van der Waals surface area contributed by atoms with Crippen LogP contribution in [-0.4, -0.2) is 11.7 Å². The van der Waals surface area contributed by atoms with E-state index in [1.54, 1.807) is 12.1 Å². The van der Waals surface area contributed by atoms with E-state index < -0.39 is 0 Å². The normalized spacial score (nSPS) is 11.0. The highest BCUT2D eigenvalue weighted by molar-refractivity contribution is 5.24. The van der Waals surface area contributed by atoms with Gasteiger partial charge in [-0.3, -0.25) is 0 Å². The SMILES string of the molecule is CC(C)CNCc1ccc(F)c(CO)c1. The van der Waals surface area contributed by atoms with Gasteiger partial charge in [0.15, 0.2) is 0 Å². The van der Waals surface area contributed by atoms with Gasteiger partial charge in [-0.15, -0.1) is 0 Å². The quantitative estimate of drug-likeness (QED) is 0.781. The number of halogens is 1. The first-order valence-electron chi connectivity index (χ1n) is 5.22. The van der Waals surface area contributed by atoms with Crippen molar-refractivity contribution in [2.24, 2.45) is 5.92 Å². The van der Waals surface area contributed by atoms with Crippen LogP contribution in [-0.2, 0) is 13.2 Å². The molecule has 2 nitrogen and oxygen atoms in total. The predicted molar refractivity (Wildman–Crippen MR) is 58.9 cm³/mol. The summed E-state index contributed by atoms with van der Waals surface area (Å²) in [5, 5.41) is 12.2. The minimum Gasteiger partial charge on any atom is -0.392 e. The predicted octanol–water partition coefficient (Wildman–Crippen LogP) is 2.06. The van der Waals surface area contributed by atoms with E-state index in [1.807, 2.05) is 0 Å². The Morgan fingerprint density at radius 1 is 1.40 bits per heavy atom. The Balaban J connectivity index is 2.54. The lowest BCUT2D eigenvalue weighted by Gasteiger charge is -2.08. The zero-order valence-corrected chi connectivity index (χ0v) is 9.26. The highest BCUT2D eigenvalue weighted by Gasteiger charge is 2.02. The fourth-order valence-corrected chi connectivity index (χ4v) is 1.36. The maximum atomic E-state index is 13.0. The van der Waals surface area contributed by atoms with Gasteiger partial charge in [-0.25, -0.2) is 4.39 Å². The summed E-state index contributed by atoms with van der Waals surface area (Å²) in [5.74, 6) is 0.257. The zero-order chi connectivity index (χ0) is 11.3. The van der Waals surface area contributed by atoms with Crippen molar-refractivity contribution in [3.8, 4) is 0 Å². The first kappa shape index (κ1) is 12.1. The van der Waals surface area contributed by atoms with Gasteiger partial charge in [0, 0.05) is 12.1 Å². The molecule has 0 heterocycles. The lowest BCUT2D eigenvalue weighted by atomic mass is 10.1. The molecule has 0 aliphatic heterocycles. The fraction of sp³-hybridized carbons (Fsp3) is 0.500. The monoisotopic (exact) mass is 211 g/mol. The summed E-state index contributed by atoms with van der Waals surface area (Å²) < 4.78 is 13.0. The van der Waals surface area contributed by atoms with Gasteiger partial charge in [0.05, 0.1) is 6.61 Å². The lowest BCUT2D eigenvalue weighted by Crippen LogP contribution is -2.19. The van der Waals surface area contributed by atoms with Crippen molar-refractivity contribution in [3.63, 3.8) is 0 Å². The van der Waals surface area contributed by atoms with Crippen molar-refractivity contribution in [1.82, 2.24) is 5.32 Å². The van der Waals surface area contributed by atoms with Gasteiger partial charge in [-0.05, 0) is 30.2 Å². The second-order valence-corrected chi connectivity index (χ2v) is 4.11. The Morgan fingerprint density at radius 2 is 2.13 bits per heavy atom. The third-order valence-corrected chi connectivity index (χ3v) is 2.16. The molecule has 1 rings (SSSR count). The number of nitrogens with one attached hydrogen (secondary N) is 1. The average Bonchev–Trinajstić information content (AvgIpc) is 2.20. The number of benzene rings is 1. The van der Waals surface area contributed by atoms with Crippen LogP contribution in [0.5, 0.6) is 0 Å². The van der Waals surface area contributed by atoms with Crippen LogP contribution < -0.4 is 5.32 Å². The topological polar surface area (TPSA) is 32.3 Å². The maximum absolute atomic E-state index is 13.0. The van der Waals surface area contributed by atoms with E-state index in [2.05, 4.69) is 19.2 Å². The Morgan fingerprint density at radius 3 is 2.73 bits per heavy atom. The molecule has 0 fully saturated rings. The summed E-state index contributed by atoms with van der Waals surface area (Å²) in [7, 11) is 0. The van der Waals surface area contributed by atoms with Gasteiger partial charge < -0.3 is 10.4 Å². The second kappa shape index (κ2) is 5.83. The Bertz CT molecular complexity index is 312. The van der Waals surface area contributed by atoms with Crippen molar-refractivity contribution in [2.75, 3.05) is 6.54 Å². The van der Waals surface area contributed by atoms with E-state index in [-0.39, 0.29) is 12.4 Å². The van der Waals surface area contributed by atoms with Crippen LogP contribution in [0.2, 0.25) is 0 Å². The molecule has 0 amide bonds. The van der Waals surface area contributed by atoms with Crippen LogP contribution in [0.1, 0.15) is 25.0 Å². The Kier molecular flexibility index (Phi) is 4.72. The summed E-state index contributed by atoms with van der Waals surface area (Å²) in [6, 6.07) is 4.84. The summed E-state index contributed by atoms with van der Waals surface area (Å²) in [5.41, 5.74) is 1.36. The van der Waals surface area contributed by atoms with Gasteiger partial charge in [-0.1, -0.05) is 19.9 Å². The molecule has 0 radical (unpaired) electrons. The molecule has 84 valence electrons. The van der Waals surface area contributed by atoms with Gasteiger partial charge in [-0.2, -0.15) is 0 Å². The standard InChI is InChI=1S/C12H18FNO/c1-9(2)6-14-7-10-3-4-12(13)11(5-10)8-15/h3-5,9,14-15H,6-8H2,1-2H3. The molecule has 3 heteroatoms. The molecule has 0 bridgehead atoms. The van der Waals surface area contributed by atoms with Crippen LogP contribution in [0.25, 0.3) is 0 Å². The molecule has 1 aromatic rings. The van der Waals surface area contributed by atoms with E-state index in [9.17, 15) is 4.39 Å². The molecule has 15 heavy (non-hydrogen) atoms. The second-order valence-electron chi connectivity index (χ2n) is 4.11. The number of hydrogen-bond acceptors (Lipinski definition) is 2. The van der Waals surface area contributed by atoms with Crippen molar-refractivity contribution >= 4 is 0 Å². The zero-order valence-electron chi connectivity index (χ0n) is 9.26. The Labute approximate surface area is 90.1 Å². The number of aliphatic hydroxyl groups excluding tert-OH is 1. The molecule has 2 N–H and O–H groups in total. The molecule has 0 spiro atoms. The minimum atomic E-state index is -0.342. The molecular weight excluding hydrogens is 193 g/mol. The molecule has 0 saturated carbocycles. The van der Waals surface area contributed by atoms with Crippen LogP contribution >= 0.6 is 0 Å². The van der Waals surface area contributed by atoms with E-state index >= 15 is 0 Å². The van der Waals surface area contributed by atoms with Crippen molar-refractivity contribution in [3.05, 3.63) is 35.1 Å². The number of rotatable bonds is 5. The van der Waals surface area contributed by atoms with Crippen LogP contribution in [0.15, 0.2) is 18.2 Å². The van der Waals surface area contributed by atoms with E-state index in [0.717, 1.165) is 12.1 Å². The lowest BCUT2D eigenvalue weighted by molar-refractivity contribution is 0.275. The summed E-state index contributed by atoms with van der Waals surface area (Å²) in [6.45, 7) is 5.68. The van der Waals surface area contributed by atoms with Crippen molar-refractivity contribution in [1.29, 1.82) is 0 Å². The van der Waals surface area contributed by atoms with Gasteiger partial charge in [0.25, 0.3) is 0 Å². The molecule has 0 aliphatic carbocycles. The highest BCUT2D eigenvalue weighted by Crippen LogP contribution is 2.10. The molecule has 0 unspecified atom stereocenters. The van der Waals surface area contributed by atoms with Gasteiger partial charge in [0.2, 0.25) is 0 Å². The van der Waals surface area contributed by atoms with E-state index in [0.29, 0.717) is 18.0 Å². The van der Waals surface area contributed by atoms with Gasteiger partial charge in [0.1, 0.15) is 5.82 Å². The molecule has 0 aromatic heterocycles. The molecule has 0 saturated heterocycles. The maximum Gasteiger partial charge on any atom is 0.128 e. The van der Waals surface area contributed by atoms with Crippen LogP contribution in [0.4, 0.5) is 4.39 Å². The first-order chi connectivity index (χ1) is 7.13. The smallest absolute Gasteiger partial charge is 0.128 e. The summed E-state index contributed by atoms with van der Waals surface area (Å²) in [4.78, 5) is 0. The third kappa shape index (κ3) is 3.98. The van der Waals surface area contributed by atoms with Gasteiger partial charge >= 0.3 is 0 Å². The first-order valence-corrected chi connectivity index (χ1v) is 5.22. The van der Waals surface area contributed by atoms with Crippen LogP contribution in [0, 0.1) is 11.7 Å². The Hall–Kier alpha value is -0.930. The van der Waals surface area contributed by atoms with E-state index in [4.69, 9.17) is 5.11 Å². The number of aliphatic hydroxyl groups is 1. The van der Waals surface area contributed by atoms with E-state index in [1.165, 1.54) is 6.07 Å². The largest absolute Gasteiger partial charge is 0.392 e. The number of hydrogen-bond donors (Lipinski definition) is 2. The van der Waals surface area contributed by atoms with Crippen LogP contribution in [0.3, 0.4) is 0 Å². The van der Waals surface area contributed by atoms with Crippen molar-refractivity contribution in [2.45, 2.75) is 27.0 Å². The van der Waals surface area contributed by atoms with Crippen molar-refractivity contribution < 1.29 is 9.50 Å². The third-order valence-electron chi connectivity index (χ3n) is 2.16. The molecule has 1 aromatic carbocycles. The minimum absolute atomic E-state index is 0.246. The summed E-state index contributed by atoms with van der Waals surface area (Å²) in [6.07, 6.45) is 0. The molecule has 0 aliphatic rings. The average molecular weight is 211 g/mol. The molecule has 0 atom stereocenters. The molecular formula is C12H18FNO. The fourth-order valence-electron chi connectivity index (χ4n) is 1.36. The highest BCUT2D eigenvalue weighted by atomic mass is 19.1. The summed E-state index contributed by atoms with van der Waals surface area (Å²) >= 11 is 0.